The van der Waals surface area contributed by atoms with Gasteiger partial charge < -0.3 is 14.2 Å². The fourth-order valence-electron chi connectivity index (χ4n) is 2.72. The van der Waals surface area contributed by atoms with Crippen molar-refractivity contribution in [1.29, 1.82) is 0 Å². The quantitative estimate of drug-likeness (QED) is 0.509. The van der Waals surface area contributed by atoms with E-state index in [0.717, 1.165) is 29.1 Å². The molecule has 0 radical (unpaired) electrons. The summed E-state index contributed by atoms with van der Waals surface area (Å²) in [5, 5.41) is 3.08. The van der Waals surface area contributed by atoms with E-state index in [9.17, 15) is 9.59 Å². The molecule has 1 aliphatic heterocycles. The number of anilines is 1. The van der Waals surface area contributed by atoms with Gasteiger partial charge in [0.05, 0.1) is 23.0 Å². The van der Waals surface area contributed by atoms with Gasteiger partial charge in [-0.2, -0.15) is 0 Å². The highest BCUT2D eigenvalue weighted by atomic mass is 32.1. The lowest BCUT2D eigenvalue weighted by Crippen LogP contribution is -2.42. The van der Waals surface area contributed by atoms with E-state index in [2.05, 4.69) is 11.9 Å². The van der Waals surface area contributed by atoms with Gasteiger partial charge in [-0.3, -0.25) is 14.5 Å². The molecule has 0 aliphatic carbocycles. The van der Waals surface area contributed by atoms with Crippen LogP contribution in [0.15, 0.2) is 23.6 Å². The first kappa shape index (κ1) is 19.3. The van der Waals surface area contributed by atoms with Crippen LogP contribution in [0.5, 0.6) is 5.75 Å². The standard InChI is InChI=1S/C19H22N2O5S/c1-3-4-17-20-14(12-27-17)13-5-6-16-15(9-13)21(18(22)11-26-16)10-19(23)25-8-7-24-2/h5-6,9,12H,3-4,7-8,10-11H2,1-2H3. The van der Waals surface area contributed by atoms with Crippen LogP contribution in [-0.4, -0.2) is 50.3 Å². The minimum Gasteiger partial charge on any atom is -0.482 e. The van der Waals surface area contributed by atoms with Crippen LogP contribution in [0, 0.1) is 0 Å². The van der Waals surface area contributed by atoms with Crippen molar-refractivity contribution in [3.63, 3.8) is 0 Å². The van der Waals surface area contributed by atoms with Crippen molar-refractivity contribution in [3.8, 4) is 17.0 Å². The number of carbonyl (C=O) groups is 2. The largest absolute Gasteiger partial charge is 0.482 e. The van der Waals surface area contributed by atoms with Crippen molar-refractivity contribution in [2.75, 3.05) is 38.4 Å². The Morgan fingerprint density at radius 1 is 1.37 bits per heavy atom. The molecule has 0 spiro atoms. The van der Waals surface area contributed by atoms with Crippen molar-refractivity contribution in [3.05, 3.63) is 28.6 Å². The van der Waals surface area contributed by atoms with Gasteiger partial charge in [0, 0.05) is 18.1 Å². The van der Waals surface area contributed by atoms with Crippen molar-refractivity contribution in [2.45, 2.75) is 19.8 Å². The third-order valence-corrected chi connectivity index (χ3v) is 4.96. The lowest BCUT2D eigenvalue weighted by atomic mass is 10.1. The Balaban J connectivity index is 1.82. The van der Waals surface area contributed by atoms with Gasteiger partial charge in [-0.15, -0.1) is 11.3 Å². The molecular weight excluding hydrogens is 368 g/mol. The van der Waals surface area contributed by atoms with Gasteiger partial charge in [0.2, 0.25) is 0 Å². The number of hydrogen-bond donors (Lipinski definition) is 0. The second kappa shape index (κ2) is 8.96. The number of aryl methyl sites for hydroxylation is 1. The minimum atomic E-state index is -0.488. The lowest BCUT2D eigenvalue weighted by Gasteiger charge is -2.29. The highest BCUT2D eigenvalue weighted by molar-refractivity contribution is 7.09. The van der Waals surface area contributed by atoms with E-state index in [1.165, 1.54) is 12.0 Å². The predicted molar refractivity (Wildman–Crippen MR) is 102 cm³/mol. The van der Waals surface area contributed by atoms with Crippen molar-refractivity contribution in [2.24, 2.45) is 0 Å². The fraction of sp³-hybridized carbons (Fsp3) is 0.421. The van der Waals surface area contributed by atoms with E-state index in [-0.39, 0.29) is 25.7 Å². The zero-order valence-corrected chi connectivity index (χ0v) is 16.2. The molecule has 3 rings (SSSR count). The third kappa shape index (κ3) is 4.64. The normalized spacial score (nSPS) is 13.3. The molecule has 1 aromatic heterocycles. The van der Waals surface area contributed by atoms with E-state index in [0.29, 0.717) is 18.0 Å². The molecular formula is C19H22N2O5S. The number of amides is 1. The summed E-state index contributed by atoms with van der Waals surface area (Å²) in [5.74, 6) is -0.210. The van der Waals surface area contributed by atoms with E-state index < -0.39 is 5.97 Å². The molecule has 0 atom stereocenters. The number of thiazole rings is 1. The number of benzene rings is 1. The molecule has 1 amide bonds. The number of hydrogen-bond acceptors (Lipinski definition) is 7. The van der Waals surface area contributed by atoms with Crippen LogP contribution in [0.4, 0.5) is 5.69 Å². The average molecular weight is 390 g/mol. The maximum Gasteiger partial charge on any atom is 0.326 e. The second-order valence-electron chi connectivity index (χ2n) is 6.04. The monoisotopic (exact) mass is 390 g/mol. The number of methoxy groups -OCH3 is 1. The Morgan fingerprint density at radius 3 is 3.00 bits per heavy atom. The predicted octanol–water partition coefficient (Wildman–Crippen LogP) is 2.68. The zero-order valence-electron chi connectivity index (χ0n) is 15.4. The highest BCUT2D eigenvalue weighted by Gasteiger charge is 2.28. The fourth-order valence-corrected chi connectivity index (χ4v) is 3.63. The zero-order chi connectivity index (χ0) is 19.2. The molecule has 1 aliphatic rings. The summed E-state index contributed by atoms with van der Waals surface area (Å²) in [7, 11) is 1.53. The first-order valence-electron chi connectivity index (χ1n) is 8.79. The summed E-state index contributed by atoms with van der Waals surface area (Å²) in [6.07, 6.45) is 1.98. The molecule has 7 nitrogen and oxygen atoms in total. The summed E-state index contributed by atoms with van der Waals surface area (Å²) in [5.41, 5.74) is 2.28. The molecule has 0 saturated heterocycles. The Morgan fingerprint density at radius 2 is 2.22 bits per heavy atom. The second-order valence-corrected chi connectivity index (χ2v) is 6.98. The van der Waals surface area contributed by atoms with Gasteiger partial charge >= 0.3 is 5.97 Å². The Labute approximate surface area is 161 Å². The molecule has 1 aromatic carbocycles. The van der Waals surface area contributed by atoms with Crippen LogP contribution < -0.4 is 9.64 Å². The summed E-state index contributed by atoms with van der Waals surface area (Å²) in [6.45, 7) is 2.31. The molecule has 0 unspecified atom stereocenters. The van der Waals surface area contributed by atoms with Gasteiger partial charge in [0.1, 0.15) is 18.9 Å². The molecule has 0 saturated carbocycles. The number of nitrogens with zero attached hydrogens (tertiary/aromatic N) is 2. The summed E-state index contributed by atoms with van der Waals surface area (Å²) in [4.78, 5) is 30.4. The van der Waals surface area contributed by atoms with Crippen molar-refractivity contribution < 1.29 is 23.8 Å². The number of aromatic nitrogens is 1. The number of esters is 1. The molecule has 144 valence electrons. The lowest BCUT2D eigenvalue weighted by molar-refractivity contribution is -0.144. The maximum atomic E-state index is 12.3. The number of rotatable bonds is 8. The van der Waals surface area contributed by atoms with E-state index >= 15 is 0 Å². The highest BCUT2D eigenvalue weighted by Crippen LogP contribution is 2.36. The van der Waals surface area contributed by atoms with Gasteiger partial charge in [-0.25, -0.2) is 4.98 Å². The van der Waals surface area contributed by atoms with Crippen LogP contribution in [0.3, 0.4) is 0 Å². The Hall–Kier alpha value is -2.45. The van der Waals surface area contributed by atoms with Crippen LogP contribution in [-0.2, 0) is 25.5 Å². The molecule has 27 heavy (non-hydrogen) atoms. The van der Waals surface area contributed by atoms with Gasteiger partial charge in [-0.05, 0) is 31.0 Å². The van der Waals surface area contributed by atoms with Crippen LogP contribution >= 0.6 is 11.3 Å². The third-order valence-electron chi connectivity index (χ3n) is 4.05. The smallest absolute Gasteiger partial charge is 0.326 e. The molecule has 2 aromatic rings. The SMILES string of the molecule is CCCc1nc(-c2ccc3c(c2)N(CC(=O)OCCOC)C(=O)CO3)cs1. The molecule has 0 bridgehead atoms. The maximum absolute atomic E-state index is 12.3. The minimum absolute atomic E-state index is 0.102. The van der Waals surface area contributed by atoms with E-state index in [1.807, 2.05) is 17.5 Å². The summed E-state index contributed by atoms with van der Waals surface area (Å²) >= 11 is 1.62. The van der Waals surface area contributed by atoms with Gasteiger partial charge in [-0.1, -0.05) is 6.92 Å². The summed E-state index contributed by atoms with van der Waals surface area (Å²) < 4.78 is 15.4. The van der Waals surface area contributed by atoms with Crippen molar-refractivity contribution >= 4 is 28.9 Å². The van der Waals surface area contributed by atoms with Crippen molar-refractivity contribution in [1.82, 2.24) is 4.98 Å². The first-order valence-corrected chi connectivity index (χ1v) is 9.67. The van der Waals surface area contributed by atoms with Crippen LogP contribution in [0.2, 0.25) is 0 Å². The van der Waals surface area contributed by atoms with Gasteiger partial charge in [0.25, 0.3) is 5.91 Å². The van der Waals surface area contributed by atoms with Crippen LogP contribution in [0.25, 0.3) is 11.3 Å². The van der Waals surface area contributed by atoms with E-state index in [4.69, 9.17) is 14.2 Å². The van der Waals surface area contributed by atoms with Gasteiger partial charge in [0.15, 0.2) is 6.61 Å². The molecule has 2 heterocycles. The molecule has 0 N–H and O–H groups in total. The topological polar surface area (TPSA) is 78.0 Å². The first-order chi connectivity index (χ1) is 13.1. The average Bonchev–Trinajstić information content (AvgIpc) is 3.13. The Kier molecular flexibility index (Phi) is 6.41. The number of fused-ring (bicyclic) bond motifs is 1. The number of ether oxygens (including phenoxy) is 3. The molecule has 0 fully saturated rings. The molecule has 8 heteroatoms. The number of carbonyl (C=O) groups excluding carboxylic acids is 2. The van der Waals surface area contributed by atoms with E-state index in [1.54, 1.807) is 17.4 Å². The summed E-state index contributed by atoms with van der Waals surface area (Å²) in [6, 6.07) is 5.55. The van der Waals surface area contributed by atoms with Crippen LogP contribution in [0.1, 0.15) is 18.4 Å². The Bertz CT molecular complexity index is 820.